The van der Waals surface area contributed by atoms with Gasteiger partial charge in [0.25, 0.3) is 0 Å². The first-order valence-electron chi connectivity index (χ1n) is 9.37. The van der Waals surface area contributed by atoms with Crippen LogP contribution in [0.1, 0.15) is 24.0 Å². The molecule has 0 saturated carbocycles. The van der Waals surface area contributed by atoms with E-state index in [1.807, 2.05) is 13.8 Å². The van der Waals surface area contributed by atoms with E-state index in [4.69, 9.17) is 11.6 Å². The van der Waals surface area contributed by atoms with E-state index < -0.39 is 10.0 Å². The van der Waals surface area contributed by atoms with Crippen molar-refractivity contribution >= 4 is 45.0 Å². The molecule has 158 valence electrons. The first-order valence-corrected chi connectivity index (χ1v) is 12.6. The average molecular weight is 455 g/mol. The van der Waals surface area contributed by atoms with Crippen molar-refractivity contribution < 1.29 is 13.2 Å². The smallest absolute Gasteiger partial charge is 0.232 e. The Kier molecular flexibility index (Phi) is 8.86. The summed E-state index contributed by atoms with van der Waals surface area (Å²) in [5.74, 6) is 0.706. The van der Waals surface area contributed by atoms with Crippen LogP contribution in [-0.2, 0) is 14.8 Å². The average Bonchev–Trinajstić information content (AvgIpc) is 2.65. The number of rotatable bonds is 10. The minimum Gasteiger partial charge on any atom is -0.355 e. The lowest BCUT2D eigenvalue weighted by atomic mass is 10.2. The summed E-state index contributed by atoms with van der Waals surface area (Å²) in [5, 5.41) is 3.36. The molecule has 0 aromatic heterocycles. The Hall–Kier alpha value is -1.70. The van der Waals surface area contributed by atoms with Gasteiger partial charge in [0.2, 0.25) is 15.9 Å². The first-order chi connectivity index (χ1) is 13.7. The number of nitrogens with one attached hydrogen (secondary N) is 1. The maximum Gasteiger partial charge on any atom is 0.232 e. The number of anilines is 1. The van der Waals surface area contributed by atoms with Gasteiger partial charge in [-0.25, -0.2) is 8.42 Å². The van der Waals surface area contributed by atoms with E-state index in [-0.39, 0.29) is 18.9 Å². The highest BCUT2D eigenvalue weighted by Crippen LogP contribution is 2.26. The van der Waals surface area contributed by atoms with Gasteiger partial charge in [-0.15, -0.1) is 11.8 Å². The topological polar surface area (TPSA) is 66.5 Å². The Morgan fingerprint density at radius 3 is 2.48 bits per heavy atom. The highest BCUT2D eigenvalue weighted by Gasteiger charge is 2.19. The summed E-state index contributed by atoms with van der Waals surface area (Å²) in [4.78, 5) is 13.3. The highest BCUT2D eigenvalue weighted by molar-refractivity contribution is 7.99. The van der Waals surface area contributed by atoms with Crippen molar-refractivity contribution in [2.75, 3.05) is 29.4 Å². The van der Waals surface area contributed by atoms with E-state index in [2.05, 4.69) is 29.6 Å². The van der Waals surface area contributed by atoms with Crippen LogP contribution in [0.25, 0.3) is 0 Å². The van der Waals surface area contributed by atoms with E-state index in [1.165, 1.54) is 14.8 Å². The van der Waals surface area contributed by atoms with Crippen LogP contribution in [0.5, 0.6) is 0 Å². The lowest BCUT2D eigenvalue weighted by Gasteiger charge is -2.24. The fourth-order valence-corrected chi connectivity index (χ4v) is 4.73. The molecule has 0 heterocycles. The second-order valence-corrected chi connectivity index (χ2v) is 10.4. The molecule has 0 atom stereocenters. The second kappa shape index (κ2) is 10.9. The molecule has 2 aromatic carbocycles. The van der Waals surface area contributed by atoms with E-state index in [0.29, 0.717) is 23.7 Å². The van der Waals surface area contributed by atoms with Gasteiger partial charge < -0.3 is 5.32 Å². The second-order valence-electron chi connectivity index (χ2n) is 6.88. The van der Waals surface area contributed by atoms with E-state index in [1.54, 1.807) is 30.0 Å². The normalized spacial score (nSPS) is 11.3. The minimum absolute atomic E-state index is 0.0780. The molecule has 0 aliphatic heterocycles. The predicted octanol–water partition coefficient (Wildman–Crippen LogP) is 4.41. The number of benzene rings is 2. The van der Waals surface area contributed by atoms with Gasteiger partial charge in [-0.1, -0.05) is 35.4 Å². The van der Waals surface area contributed by atoms with Crippen molar-refractivity contribution in [3.63, 3.8) is 0 Å². The number of carbonyl (C=O) groups is 1. The van der Waals surface area contributed by atoms with E-state index >= 15 is 0 Å². The number of hydrogen-bond donors (Lipinski definition) is 1. The van der Waals surface area contributed by atoms with E-state index in [9.17, 15) is 13.2 Å². The first kappa shape index (κ1) is 23.6. The van der Waals surface area contributed by atoms with Gasteiger partial charge in [0.1, 0.15) is 0 Å². The molecule has 0 fully saturated rings. The molecular formula is C21H27ClN2O3S2. The highest BCUT2D eigenvalue weighted by atomic mass is 35.5. The molecule has 0 aliphatic rings. The minimum atomic E-state index is -3.47. The zero-order chi connectivity index (χ0) is 21.4. The Bertz CT molecular complexity index is 931. The molecule has 0 unspecified atom stereocenters. The van der Waals surface area contributed by atoms with Crippen molar-refractivity contribution in [1.29, 1.82) is 0 Å². The summed E-state index contributed by atoms with van der Waals surface area (Å²) >= 11 is 7.72. The molecule has 0 saturated heterocycles. The summed E-state index contributed by atoms with van der Waals surface area (Å²) in [6, 6.07) is 13.4. The van der Waals surface area contributed by atoms with Crippen LogP contribution in [0.4, 0.5) is 5.69 Å². The van der Waals surface area contributed by atoms with Gasteiger partial charge in [0.05, 0.1) is 11.9 Å². The Morgan fingerprint density at radius 1 is 1.14 bits per heavy atom. The SMILES string of the molecule is Cc1ccc(SCCNC(=O)CCCN(c2cc(Cl)ccc2C)S(C)(=O)=O)cc1. The van der Waals surface area contributed by atoms with Crippen LogP contribution >= 0.6 is 23.4 Å². The van der Waals surface area contributed by atoms with Gasteiger partial charge in [0, 0.05) is 35.2 Å². The summed E-state index contributed by atoms with van der Waals surface area (Å²) in [6.45, 7) is 4.68. The zero-order valence-electron chi connectivity index (χ0n) is 16.9. The van der Waals surface area contributed by atoms with Crippen LogP contribution < -0.4 is 9.62 Å². The fraction of sp³-hybridized carbons (Fsp3) is 0.381. The number of halogens is 1. The third kappa shape index (κ3) is 7.91. The number of sulfonamides is 1. The van der Waals surface area contributed by atoms with Gasteiger partial charge in [-0.05, 0) is 50.1 Å². The number of thioether (sulfide) groups is 1. The van der Waals surface area contributed by atoms with Crippen molar-refractivity contribution in [2.24, 2.45) is 0 Å². The number of carbonyl (C=O) groups excluding carboxylic acids is 1. The predicted molar refractivity (Wildman–Crippen MR) is 123 cm³/mol. The molecule has 2 rings (SSSR count). The van der Waals surface area contributed by atoms with Gasteiger partial charge in [0.15, 0.2) is 0 Å². The standard InChI is InChI=1S/C21H27ClN2O3S2/c1-16-6-10-19(11-7-16)28-14-12-23-21(25)5-4-13-24(29(3,26)27)20-15-18(22)9-8-17(20)2/h6-11,15H,4-5,12-14H2,1-3H3,(H,23,25). The molecule has 1 amide bonds. The number of nitrogens with zero attached hydrogens (tertiary/aromatic N) is 1. The van der Waals surface area contributed by atoms with E-state index in [0.717, 1.165) is 17.6 Å². The maximum absolute atomic E-state index is 12.2. The summed E-state index contributed by atoms with van der Waals surface area (Å²) in [7, 11) is -3.47. The molecule has 5 nitrogen and oxygen atoms in total. The molecule has 0 aliphatic carbocycles. The Morgan fingerprint density at radius 2 is 1.83 bits per heavy atom. The lowest BCUT2D eigenvalue weighted by molar-refractivity contribution is -0.121. The quantitative estimate of drug-likeness (QED) is 0.426. The molecule has 0 spiro atoms. The Balaban J connectivity index is 1.79. The number of amides is 1. The monoisotopic (exact) mass is 454 g/mol. The van der Waals surface area contributed by atoms with Gasteiger partial charge in [-0.3, -0.25) is 9.10 Å². The lowest BCUT2D eigenvalue weighted by Crippen LogP contribution is -2.33. The zero-order valence-corrected chi connectivity index (χ0v) is 19.3. The van der Waals surface area contributed by atoms with Crippen molar-refractivity contribution in [1.82, 2.24) is 5.32 Å². The molecule has 0 radical (unpaired) electrons. The van der Waals surface area contributed by atoms with Crippen LogP contribution in [0.2, 0.25) is 5.02 Å². The Labute approximate surface area is 182 Å². The van der Waals surface area contributed by atoms with Gasteiger partial charge in [-0.2, -0.15) is 0 Å². The maximum atomic E-state index is 12.2. The number of aryl methyl sites for hydroxylation is 2. The third-order valence-electron chi connectivity index (χ3n) is 4.32. The molecule has 29 heavy (non-hydrogen) atoms. The molecule has 0 bridgehead atoms. The van der Waals surface area contributed by atoms with Crippen LogP contribution in [0.3, 0.4) is 0 Å². The summed E-state index contributed by atoms with van der Waals surface area (Å²) < 4.78 is 25.7. The number of hydrogen-bond acceptors (Lipinski definition) is 4. The van der Waals surface area contributed by atoms with Crippen LogP contribution in [0, 0.1) is 13.8 Å². The largest absolute Gasteiger partial charge is 0.355 e. The summed E-state index contributed by atoms with van der Waals surface area (Å²) in [5.41, 5.74) is 2.59. The van der Waals surface area contributed by atoms with Crippen molar-refractivity contribution in [3.8, 4) is 0 Å². The van der Waals surface area contributed by atoms with Crippen molar-refractivity contribution in [2.45, 2.75) is 31.6 Å². The van der Waals surface area contributed by atoms with Gasteiger partial charge >= 0.3 is 0 Å². The van der Waals surface area contributed by atoms with Crippen LogP contribution in [-0.4, -0.2) is 39.4 Å². The van der Waals surface area contributed by atoms with Crippen LogP contribution in [0.15, 0.2) is 47.4 Å². The molecular weight excluding hydrogens is 428 g/mol. The fourth-order valence-electron chi connectivity index (χ4n) is 2.78. The molecule has 2 aromatic rings. The molecule has 1 N–H and O–H groups in total. The summed E-state index contributed by atoms with van der Waals surface area (Å²) in [6.07, 6.45) is 1.85. The molecule has 8 heteroatoms. The van der Waals surface area contributed by atoms with Crippen molar-refractivity contribution in [3.05, 3.63) is 58.6 Å². The third-order valence-corrected chi connectivity index (χ3v) is 6.75.